The SMILES string of the molecule is CCC(CC)(C(=O)O)C(=O)NC1CCN(c2ccccc2C#N)CC1. The Hall–Kier alpha value is -2.55. The van der Waals surface area contributed by atoms with Crippen LogP contribution in [0.25, 0.3) is 0 Å². The molecule has 6 heteroatoms. The third-order valence-electron chi connectivity index (χ3n) is 5.25. The van der Waals surface area contributed by atoms with Crippen LogP contribution >= 0.6 is 0 Å². The van der Waals surface area contributed by atoms with Crippen molar-refractivity contribution >= 4 is 17.6 Å². The van der Waals surface area contributed by atoms with Gasteiger partial charge in [0.15, 0.2) is 0 Å². The van der Waals surface area contributed by atoms with E-state index in [0.717, 1.165) is 31.6 Å². The van der Waals surface area contributed by atoms with E-state index in [2.05, 4.69) is 16.3 Å². The summed E-state index contributed by atoms with van der Waals surface area (Å²) < 4.78 is 0. The van der Waals surface area contributed by atoms with Gasteiger partial charge in [-0.3, -0.25) is 9.59 Å². The van der Waals surface area contributed by atoms with Crippen LogP contribution < -0.4 is 10.2 Å². The van der Waals surface area contributed by atoms with Gasteiger partial charge in [0.05, 0.1) is 11.3 Å². The van der Waals surface area contributed by atoms with E-state index in [1.165, 1.54) is 0 Å². The number of nitrogens with one attached hydrogen (secondary N) is 1. The zero-order chi connectivity index (χ0) is 18.4. The minimum Gasteiger partial charge on any atom is -0.480 e. The first-order chi connectivity index (χ1) is 12.0. The van der Waals surface area contributed by atoms with Crippen LogP contribution in [0.15, 0.2) is 24.3 Å². The molecule has 0 radical (unpaired) electrons. The van der Waals surface area contributed by atoms with Crippen molar-refractivity contribution in [2.24, 2.45) is 5.41 Å². The van der Waals surface area contributed by atoms with Crippen molar-refractivity contribution in [3.63, 3.8) is 0 Å². The molecule has 0 spiro atoms. The average Bonchev–Trinajstić information content (AvgIpc) is 2.63. The number of carbonyl (C=O) groups excluding carboxylic acids is 1. The zero-order valence-corrected chi connectivity index (χ0v) is 14.8. The summed E-state index contributed by atoms with van der Waals surface area (Å²) in [5.74, 6) is -1.45. The molecule has 0 aromatic heterocycles. The molecule has 25 heavy (non-hydrogen) atoms. The maximum atomic E-state index is 12.5. The van der Waals surface area contributed by atoms with Gasteiger partial charge in [-0.25, -0.2) is 0 Å². The number of benzene rings is 1. The van der Waals surface area contributed by atoms with E-state index in [4.69, 9.17) is 0 Å². The van der Waals surface area contributed by atoms with E-state index >= 15 is 0 Å². The molecule has 0 saturated carbocycles. The van der Waals surface area contributed by atoms with Gasteiger partial charge in [0.1, 0.15) is 11.5 Å². The monoisotopic (exact) mass is 343 g/mol. The summed E-state index contributed by atoms with van der Waals surface area (Å²) in [5.41, 5.74) is 0.216. The van der Waals surface area contributed by atoms with Crippen LogP contribution in [0.4, 0.5) is 5.69 Å². The van der Waals surface area contributed by atoms with E-state index < -0.39 is 11.4 Å². The Morgan fingerprint density at radius 1 is 1.28 bits per heavy atom. The molecule has 2 rings (SSSR count). The molecule has 1 aromatic rings. The lowest BCUT2D eigenvalue weighted by atomic mass is 9.81. The molecule has 0 atom stereocenters. The Morgan fingerprint density at radius 3 is 2.40 bits per heavy atom. The lowest BCUT2D eigenvalue weighted by Crippen LogP contribution is -2.52. The summed E-state index contributed by atoms with van der Waals surface area (Å²) in [4.78, 5) is 26.3. The lowest BCUT2D eigenvalue weighted by molar-refractivity contribution is -0.156. The second-order valence-electron chi connectivity index (χ2n) is 6.46. The van der Waals surface area contributed by atoms with Gasteiger partial charge in [0, 0.05) is 19.1 Å². The molecular weight excluding hydrogens is 318 g/mol. The topological polar surface area (TPSA) is 93.4 Å². The highest BCUT2D eigenvalue weighted by atomic mass is 16.4. The molecule has 2 N–H and O–H groups in total. The maximum Gasteiger partial charge on any atom is 0.319 e. The smallest absolute Gasteiger partial charge is 0.319 e. The number of nitrogens with zero attached hydrogens (tertiary/aromatic N) is 2. The maximum absolute atomic E-state index is 12.5. The third-order valence-corrected chi connectivity index (χ3v) is 5.25. The fourth-order valence-electron chi connectivity index (χ4n) is 3.40. The van der Waals surface area contributed by atoms with Crippen LogP contribution in [0.5, 0.6) is 0 Å². The first-order valence-electron chi connectivity index (χ1n) is 8.77. The summed E-state index contributed by atoms with van der Waals surface area (Å²) in [5, 5.41) is 21.6. The van der Waals surface area contributed by atoms with E-state index in [1.54, 1.807) is 19.9 Å². The number of para-hydroxylation sites is 1. The van der Waals surface area contributed by atoms with Crippen LogP contribution in [0.2, 0.25) is 0 Å². The predicted octanol–water partition coefficient (Wildman–Crippen LogP) is 2.53. The summed E-state index contributed by atoms with van der Waals surface area (Å²) in [6, 6.07) is 9.66. The molecule has 134 valence electrons. The molecule has 1 aliphatic heterocycles. The molecule has 1 aromatic carbocycles. The number of carboxylic acid groups (broad SMARTS) is 1. The van der Waals surface area contributed by atoms with Gasteiger partial charge in [0.25, 0.3) is 0 Å². The number of carboxylic acids is 1. The van der Waals surface area contributed by atoms with Gasteiger partial charge in [-0.2, -0.15) is 5.26 Å². The second-order valence-corrected chi connectivity index (χ2v) is 6.46. The van der Waals surface area contributed by atoms with E-state index in [9.17, 15) is 20.0 Å². The number of hydrogen-bond acceptors (Lipinski definition) is 4. The number of carbonyl (C=O) groups is 2. The van der Waals surface area contributed by atoms with Crippen molar-refractivity contribution in [1.29, 1.82) is 5.26 Å². The fourth-order valence-corrected chi connectivity index (χ4v) is 3.40. The minimum atomic E-state index is -1.34. The number of aliphatic carboxylic acids is 1. The molecule has 1 fully saturated rings. The van der Waals surface area contributed by atoms with Gasteiger partial charge in [-0.1, -0.05) is 26.0 Å². The molecule has 0 unspecified atom stereocenters. The third kappa shape index (κ3) is 3.76. The van der Waals surface area contributed by atoms with Crippen molar-refractivity contribution in [3.05, 3.63) is 29.8 Å². The molecule has 1 heterocycles. The van der Waals surface area contributed by atoms with Crippen LogP contribution in [0.3, 0.4) is 0 Å². The Bertz CT molecular complexity index is 669. The molecule has 1 amide bonds. The number of rotatable bonds is 6. The lowest BCUT2D eigenvalue weighted by Gasteiger charge is -2.36. The first-order valence-corrected chi connectivity index (χ1v) is 8.77. The summed E-state index contributed by atoms with van der Waals surface area (Å²) in [6.07, 6.45) is 2.02. The molecular formula is C19H25N3O3. The second kappa shape index (κ2) is 8.02. The predicted molar refractivity (Wildman–Crippen MR) is 95.2 cm³/mol. The Labute approximate surface area is 148 Å². The Balaban J connectivity index is 2.00. The summed E-state index contributed by atoms with van der Waals surface area (Å²) in [7, 11) is 0. The van der Waals surface area contributed by atoms with Crippen molar-refractivity contribution in [3.8, 4) is 6.07 Å². The summed E-state index contributed by atoms with van der Waals surface area (Å²) >= 11 is 0. The standard InChI is InChI=1S/C19H25N3O3/c1-3-19(4-2,18(24)25)17(23)21-15-9-11-22(12-10-15)16-8-6-5-7-14(16)13-20/h5-8,15H,3-4,9-12H2,1-2H3,(H,21,23)(H,24,25). The highest BCUT2D eigenvalue weighted by Gasteiger charge is 2.43. The van der Waals surface area contributed by atoms with Gasteiger partial charge in [0.2, 0.25) is 5.91 Å². The number of amides is 1. The van der Waals surface area contributed by atoms with Crippen LogP contribution in [-0.4, -0.2) is 36.1 Å². The van der Waals surface area contributed by atoms with Crippen molar-refractivity contribution in [2.75, 3.05) is 18.0 Å². The normalized spacial score (nSPS) is 15.5. The minimum absolute atomic E-state index is 0.0326. The molecule has 6 nitrogen and oxygen atoms in total. The van der Waals surface area contributed by atoms with Crippen molar-refractivity contribution in [1.82, 2.24) is 5.32 Å². The van der Waals surface area contributed by atoms with Gasteiger partial charge >= 0.3 is 5.97 Å². The Morgan fingerprint density at radius 2 is 1.88 bits per heavy atom. The van der Waals surface area contributed by atoms with E-state index in [-0.39, 0.29) is 24.8 Å². The van der Waals surface area contributed by atoms with Gasteiger partial charge in [-0.15, -0.1) is 0 Å². The number of hydrogen-bond donors (Lipinski definition) is 2. The quantitative estimate of drug-likeness (QED) is 0.774. The van der Waals surface area contributed by atoms with Crippen molar-refractivity contribution < 1.29 is 14.7 Å². The number of nitriles is 1. The molecule has 1 saturated heterocycles. The van der Waals surface area contributed by atoms with Crippen LogP contribution in [0.1, 0.15) is 45.1 Å². The molecule has 0 bridgehead atoms. The number of anilines is 1. The number of piperidine rings is 1. The van der Waals surface area contributed by atoms with Gasteiger partial charge < -0.3 is 15.3 Å². The average molecular weight is 343 g/mol. The van der Waals surface area contributed by atoms with E-state index in [0.29, 0.717) is 5.56 Å². The molecule has 1 aliphatic rings. The van der Waals surface area contributed by atoms with Crippen LogP contribution in [0, 0.1) is 16.7 Å². The highest BCUT2D eigenvalue weighted by molar-refractivity contribution is 6.01. The van der Waals surface area contributed by atoms with E-state index in [1.807, 2.05) is 18.2 Å². The van der Waals surface area contributed by atoms with Crippen molar-refractivity contribution in [2.45, 2.75) is 45.6 Å². The Kier molecular flexibility index (Phi) is 6.02. The van der Waals surface area contributed by atoms with Gasteiger partial charge in [-0.05, 0) is 37.8 Å². The van der Waals surface area contributed by atoms with Crippen LogP contribution in [-0.2, 0) is 9.59 Å². The highest BCUT2D eigenvalue weighted by Crippen LogP contribution is 2.28. The zero-order valence-electron chi connectivity index (χ0n) is 14.8. The molecule has 0 aliphatic carbocycles. The summed E-state index contributed by atoms with van der Waals surface area (Å²) in [6.45, 7) is 4.92. The first kappa shape index (κ1) is 18.8. The largest absolute Gasteiger partial charge is 0.480 e. The fraction of sp³-hybridized carbons (Fsp3) is 0.526.